The predicted octanol–water partition coefficient (Wildman–Crippen LogP) is 3.94. The van der Waals surface area contributed by atoms with Gasteiger partial charge in [-0.2, -0.15) is 13.2 Å². The second-order valence-corrected chi connectivity index (χ2v) is 8.58. The molecule has 2 N–H and O–H groups in total. The van der Waals surface area contributed by atoms with Gasteiger partial charge < -0.3 is 10.6 Å². The van der Waals surface area contributed by atoms with Gasteiger partial charge in [0.25, 0.3) is 21.7 Å². The molecule has 7 nitrogen and oxygen atoms in total. The van der Waals surface area contributed by atoms with Crippen molar-refractivity contribution in [2.75, 3.05) is 10.6 Å². The standard InChI is InChI=1S/C18H12F3N3O4S2/c19-18(20,21)30(27,28)17-13(6-2-8-22-17)15(25)23-11-4-1-5-12(10-11)24-16(26)14-7-3-9-29-14/h1-10H,(H,23,25)(H,24,26). The fourth-order valence-electron chi connectivity index (χ4n) is 2.36. The number of rotatable bonds is 5. The molecule has 0 aliphatic carbocycles. The van der Waals surface area contributed by atoms with Crippen molar-refractivity contribution in [3.05, 3.63) is 70.5 Å². The molecule has 0 saturated heterocycles. The number of halogens is 3. The molecule has 30 heavy (non-hydrogen) atoms. The van der Waals surface area contributed by atoms with Gasteiger partial charge in [-0.15, -0.1) is 11.3 Å². The molecule has 3 rings (SSSR count). The molecule has 0 spiro atoms. The number of sulfone groups is 1. The number of hydrogen-bond acceptors (Lipinski definition) is 6. The monoisotopic (exact) mass is 455 g/mol. The first-order valence-electron chi connectivity index (χ1n) is 8.12. The lowest BCUT2D eigenvalue weighted by Gasteiger charge is -2.12. The summed E-state index contributed by atoms with van der Waals surface area (Å²) in [5, 5.41) is 5.26. The van der Waals surface area contributed by atoms with Gasteiger partial charge in [-0.1, -0.05) is 12.1 Å². The third-order valence-electron chi connectivity index (χ3n) is 3.70. The van der Waals surface area contributed by atoms with Crippen LogP contribution in [0.5, 0.6) is 0 Å². The van der Waals surface area contributed by atoms with Gasteiger partial charge in [-0.25, -0.2) is 13.4 Å². The fraction of sp³-hybridized carbons (Fsp3) is 0.0556. The quantitative estimate of drug-likeness (QED) is 0.606. The summed E-state index contributed by atoms with van der Waals surface area (Å²) in [4.78, 5) is 28.3. The normalized spacial score (nSPS) is 11.7. The van der Waals surface area contributed by atoms with E-state index in [1.54, 1.807) is 23.6 Å². The molecule has 2 amide bonds. The Kier molecular flexibility index (Phi) is 5.89. The molecule has 2 aromatic heterocycles. The zero-order valence-corrected chi connectivity index (χ0v) is 16.4. The summed E-state index contributed by atoms with van der Waals surface area (Å²) in [6.45, 7) is 0. The van der Waals surface area contributed by atoms with E-state index >= 15 is 0 Å². The van der Waals surface area contributed by atoms with Crippen molar-refractivity contribution in [1.29, 1.82) is 0 Å². The van der Waals surface area contributed by atoms with Gasteiger partial charge in [0.2, 0.25) is 0 Å². The van der Waals surface area contributed by atoms with E-state index in [9.17, 15) is 31.2 Å². The van der Waals surface area contributed by atoms with Gasteiger partial charge >= 0.3 is 5.51 Å². The maximum atomic E-state index is 12.9. The highest BCUT2D eigenvalue weighted by Gasteiger charge is 2.49. The summed E-state index contributed by atoms with van der Waals surface area (Å²) in [5.41, 5.74) is -5.92. The van der Waals surface area contributed by atoms with Gasteiger partial charge in [0.15, 0.2) is 5.03 Å². The first kappa shape index (κ1) is 21.5. The predicted molar refractivity (Wildman–Crippen MR) is 104 cm³/mol. The largest absolute Gasteiger partial charge is 0.503 e. The summed E-state index contributed by atoms with van der Waals surface area (Å²) in [7, 11) is -5.82. The number of nitrogens with zero attached hydrogens (tertiary/aromatic N) is 1. The number of anilines is 2. The molecular weight excluding hydrogens is 443 g/mol. The maximum Gasteiger partial charge on any atom is 0.503 e. The van der Waals surface area contributed by atoms with Crippen LogP contribution < -0.4 is 10.6 Å². The first-order chi connectivity index (χ1) is 14.1. The topological polar surface area (TPSA) is 105 Å². The summed E-state index contributed by atoms with van der Waals surface area (Å²) in [6.07, 6.45) is 0.843. The van der Waals surface area contributed by atoms with Crippen LogP contribution in [0.4, 0.5) is 24.5 Å². The Morgan fingerprint density at radius 1 is 0.933 bits per heavy atom. The van der Waals surface area contributed by atoms with E-state index in [0.29, 0.717) is 10.6 Å². The summed E-state index contributed by atoms with van der Waals surface area (Å²) in [5.74, 6) is -1.48. The summed E-state index contributed by atoms with van der Waals surface area (Å²) in [6, 6.07) is 11.2. The number of carbonyl (C=O) groups is 2. The van der Waals surface area contributed by atoms with Gasteiger partial charge in [-0.3, -0.25) is 9.59 Å². The van der Waals surface area contributed by atoms with E-state index in [4.69, 9.17) is 0 Å². The van der Waals surface area contributed by atoms with Crippen LogP contribution in [-0.4, -0.2) is 30.7 Å². The van der Waals surface area contributed by atoms with E-state index in [2.05, 4.69) is 15.6 Å². The maximum absolute atomic E-state index is 12.9. The van der Waals surface area contributed by atoms with Crippen molar-refractivity contribution >= 4 is 44.4 Å². The number of amides is 2. The summed E-state index contributed by atoms with van der Waals surface area (Å²) < 4.78 is 62.1. The highest BCUT2D eigenvalue weighted by atomic mass is 32.2. The number of aromatic nitrogens is 1. The number of carbonyl (C=O) groups excluding carboxylic acids is 2. The van der Waals surface area contributed by atoms with Crippen LogP contribution in [0.15, 0.2) is 65.1 Å². The average Bonchev–Trinajstić information content (AvgIpc) is 3.22. The Morgan fingerprint density at radius 2 is 1.60 bits per heavy atom. The second kappa shape index (κ2) is 8.24. The molecule has 0 saturated carbocycles. The van der Waals surface area contributed by atoms with Crippen LogP contribution >= 0.6 is 11.3 Å². The lowest BCUT2D eigenvalue weighted by Crippen LogP contribution is -2.27. The number of alkyl halides is 3. The first-order valence-corrected chi connectivity index (χ1v) is 10.5. The molecule has 2 heterocycles. The smallest absolute Gasteiger partial charge is 0.322 e. The molecule has 1 aromatic carbocycles. The Labute approximate surface area is 172 Å². The minimum atomic E-state index is -5.82. The number of nitrogens with one attached hydrogen (secondary N) is 2. The number of pyridine rings is 1. The SMILES string of the molecule is O=C(Nc1cccc(NC(=O)c2cccnc2S(=O)(=O)C(F)(F)F)c1)c1cccs1. The Morgan fingerprint density at radius 3 is 2.20 bits per heavy atom. The third kappa shape index (κ3) is 4.49. The van der Waals surface area contributed by atoms with Crippen LogP contribution in [0.2, 0.25) is 0 Å². The molecule has 0 bridgehead atoms. The van der Waals surface area contributed by atoms with Crippen LogP contribution in [0, 0.1) is 0 Å². The van der Waals surface area contributed by atoms with Crippen LogP contribution in [-0.2, 0) is 9.84 Å². The van der Waals surface area contributed by atoms with E-state index < -0.39 is 31.8 Å². The number of thiophene rings is 1. The molecule has 0 fully saturated rings. The highest BCUT2D eigenvalue weighted by Crippen LogP contribution is 2.31. The Balaban J connectivity index is 1.83. The third-order valence-corrected chi connectivity index (χ3v) is 6.01. The zero-order valence-electron chi connectivity index (χ0n) is 14.8. The van der Waals surface area contributed by atoms with Crippen molar-refractivity contribution < 1.29 is 31.2 Å². The van der Waals surface area contributed by atoms with Crippen molar-refractivity contribution in [3.63, 3.8) is 0 Å². The van der Waals surface area contributed by atoms with E-state index in [1.807, 2.05) is 0 Å². The number of benzene rings is 1. The molecule has 0 unspecified atom stereocenters. The van der Waals surface area contributed by atoms with Crippen molar-refractivity contribution in [1.82, 2.24) is 4.98 Å². The van der Waals surface area contributed by atoms with Gasteiger partial charge in [0.1, 0.15) is 0 Å². The van der Waals surface area contributed by atoms with Crippen LogP contribution in [0.1, 0.15) is 20.0 Å². The van der Waals surface area contributed by atoms with Crippen molar-refractivity contribution in [2.24, 2.45) is 0 Å². The number of hydrogen-bond donors (Lipinski definition) is 2. The molecule has 0 aliphatic heterocycles. The van der Waals surface area contributed by atoms with Crippen LogP contribution in [0.25, 0.3) is 0 Å². The van der Waals surface area contributed by atoms with Crippen molar-refractivity contribution in [2.45, 2.75) is 10.5 Å². The molecular formula is C18H12F3N3O4S2. The molecule has 0 atom stereocenters. The van der Waals surface area contributed by atoms with Crippen LogP contribution in [0.3, 0.4) is 0 Å². The molecule has 3 aromatic rings. The Hall–Kier alpha value is -3.25. The minimum Gasteiger partial charge on any atom is -0.322 e. The zero-order chi connectivity index (χ0) is 21.9. The Bertz CT molecular complexity index is 1190. The average molecular weight is 455 g/mol. The fourth-order valence-corrected chi connectivity index (χ4v) is 3.85. The van der Waals surface area contributed by atoms with Gasteiger partial charge in [0.05, 0.1) is 10.4 Å². The second-order valence-electron chi connectivity index (χ2n) is 5.77. The molecule has 12 heteroatoms. The summed E-state index contributed by atoms with van der Waals surface area (Å²) >= 11 is 1.23. The lowest BCUT2D eigenvalue weighted by atomic mass is 10.2. The van der Waals surface area contributed by atoms with Gasteiger partial charge in [-0.05, 0) is 41.8 Å². The van der Waals surface area contributed by atoms with E-state index in [1.165, 1.54) is 29.5 Å². The molecule has 0 radical (unpaired) electrons. The van der Waals surface area contributed by atoms with Gasteiger partial charge in [0, 0.05) is 17.6 Å². The highest BCUT2D eigenvalue weighted by molar-refractivity contribution is 7.92. The van der Waals surface area contributed by atoms with E-state index in [-0.39, 0.29) is 11.6 Å². The minimum absolute atomic E-state index is 0.128. The molecule has 156 valence electrons. The molecule has 0 aliphatic rings. The van der Waals surface area contributed by atoms with Crippen molar-refractivity contribution in [3.8, 4) is 0 Å². The lowest BCUT2D eigenvalue weighted by molar-refractivity contribution is -0.0438. The van der Waals surface area contributed by atoms with E-state index in [0.717, 1.165) is 18.3 Å².